The first kappa shape index (κ1) is 15.9. The van der Waals surface area contributed by atoms with Crippen molar-refractivity contribution >= 4 is 5.91 Å². The number of carbonyl (C=O) groups is 1. The minimum absolute atomic E-state index is 0.176. The third-order valence-electron chi connectivity index (χ3n) is 6.07. The number of ether oxygens (including phenoxy) is 2. The van der Waals surface area contributed by atoms with Gasteiger partial charge in [0.05, 0.1) is 30.7 Å². The predicted octanol–water partition coefficient (Wildman–Crippen LogP) is 1.56. The third kappa shape index (κ3) is 2.33. The van der Waals surface area contributed by atoms with Gasteiger partial charge < -0.3 is 19.7 Å². The van der Waals surface area contributed by atoms with E-state index >= 15 is 0 Å². The van der Waals surface area contributed by atoms with E-state index in [4.69, 9.17) is 9.47 Å². The normalized spacial score (nSPS) is 32.8. The lowest BCUT2D eigenvalue weighted by Crippen LogP contribution is -2.70. The summed E-state index contributed by atoms with van der Waals surface area (Å²) in [6, 6.07) is 8.42. The molecule has 24 heavy (non-hydrogen) atoms. The van der Waals surface area contributed by atoms with Gasteiger partial charge in [0.1, 0.15) is 5.75 Å². The van der Waals surface area contributed by atoms with E-state index in [0.29, 0.717) is 5.92 Å². The van der Waals surface area contributed by atoms with Crippen molar-refractivity contribution < 1.29 is 14.3 Å². The predicted molar refractivity (Wildman–Crippen MR) is 91.2 cm³/mol. The molecule has 1 aromatic carbocycles. The average molecular weight is 330 g/mol. The Balaban J connectivity index is 1.49. The van der Waals surface area contributed by atoms with Crippen molar-refractivity contribution in [1.82, 2.24) is 10.2 Å². The molecule has 4 rings (SSSR count). The lowest BCUT2D eigenvalue weighted by molar-refractivity contribution is -0.130. The van der Waals surface area contributed by atoms with Gasteiger partial charge in [-0.25, -0.2) is 0 Å². The summed E-state index contributed by atoms with van der Waals surface area (Å²) in [5.74, 6) is 1.47. The molecule has 130 valence electrons. The number of nitrogens with zero attached hydrogens (tertiary/aromatic N) is 1. The maximum atomic E-state index is 13.0. The van der Waals surface area contributed by atoms with Crippen molar-refractivity contribution in [1.29, 1.82) is 0 Å². The van der Waals surface area contributed by atoms with Gasteiger partial charge in [0, 0.05) is 12.5 Å². The molecule has 1 amide bonds. The molecule has 0 bridgehead atoms. The molecular formula is C19H26N2O3. The van der Waals surface area contributed by atoms with Gasteiger partial charge in [-0.05, 0) is 51.1 Å². The molecule has 1 aromatic rings. The van der Waals surface area contributed by atoms with Crippen molar-refractivity contribution in [2.75, 3.05) is 27.8 Å². The summed E-state index contributed by atoms with van der Waals surface area (Å²) >= 11 is 0. The molecule has 0 aromatic heterocycles. The maximum Gasteiger partial charge on any atom is 0.230 e. The molecule has 2 saturated carbocycles. The molecule has 0 spiro atoms. The second-order valence-electron chi connectivity index (χ2n) is 7.55. The average Bonchev–Trinajstić information content (AvgIpc) is 3.29. The highest BCUT2D eigenvalue weighted by Gasteiger charge is 2.58. The zero-order valence-corrected chi connectivity index (χ0v) is 14.6. The second kappa shape index (κ2) is 5.74. The van der Waals surface area contributed by atoms with Gasteiger partial charge >= 0.3 is 0 Å². The van der Waals surface area contributed by atoms with Crippen LogP contribution in [0.15, 0.2) is 24.3 Å². The summed E-state index contributed by atoms with van der Waals surface area (Å²) in [5.41, 5.74) is 0.758. The largest absolute Gasteiger partial charge is 0.497 e. The molecule has 5 heteroatoms. The Hall–Kier alpha value is -1.59. The van der Waals surface area contributed by atoms with Gasteiger partial charge in [-0.15, -0.1) is 0 Å². The summed E-state index contributed by atoms with van der Waals surface area (Å²) < 4.78 is 11.1. The van der Waals surface area contributed by atoms with Crippen LogP contribution in [0.2, 0.25) is 0 Å². The number of nitrogens with one attached hydrogen (secondary N) is 1. The van der Waals surface area contributed by atoms with Crippen LogP contribution in [0.25, 0.3) is 0 Å². The van der Waals surface area contributed by atoms with E-state index in [1.165, 1.54) is 0 Å². The maximum absolute atomic E-state index is 13.0. The minimum Gasteiger partial charge on any atom is -0.497 e. The SMILES string of the molecule is COc1ccc(C2(C(=O)N[C@H]3[C@H]4CCO[C@H]4[C@@H]3N(C)C)CC2)cc1. The number of methoxy groups -OCH3 is 1. The molecule has 1 saturated heterocycles. The Kier molecular flexibility index (Phi) is 3.81. The smallest absolute Gasteiger partial charge is 0.230 e. The fraction of sp³-hybridized carbons (Fsp3) is 0.632. The van der Waals surface area contributed by atoms with Crippen molar-refractivity contribution in [3.8, 4) is 5.75 Å². The van der Waals surface area contributed by atoms with Crippen LogP contribution in [0.5, 0.6) is 5.75 Å². The Bertz CT molecular complexity index is 624. The number of rotatable bonds is 5. The highest BCUT2D eigenvalue weighted by atomic mass is 16.5. The topological polar surface area (TPSA) is 50.8 Å². The highest BCUT2D eigenvalue weighted by Crippen LogP contribution is 2.50. The van der Waals surface area contributed by atoms with E-state index in [0.717, 1.165) is 37.2 Å². The fourth-order valence-electron chi connectivity index (χ4n) is 4.45. The highest BCUT2D eigenvalue weighted by molar-refractivity contribution is 5.91. The number of carbonyl (C=O) groups excluding carboxylic acids is 1. The van der Waals surface area contributed by atoms with Crippen LogP contribution in [0, 0.1) is 5.92 Å². The van der Waals surface area contributed by atoms with Gasteiger partial charge in [0.25, 0.3) is 0 Å². The van der Waals surface area contributed by atoms with Crippen LogP contribution in [-0.2, 0) is 14.9 Å². The van der Waals surface area contributed by atoms with Crippen molar-refractivity contribution in [2.24, 2.45) is 5.92 Å². The van der Waals surface area contributed by atoms with Gasteiger partial charge in [0.15, 0.2) is 0 Å². The van der Waals surface area contributed by atoms with Gasteiger partial charge in [0.2, 0.25) is 5.91 Å². The molecule has 0 radical (unpaired) electrons. The van der Waals surface area contributed by atoms with Crippen molar-refractivity contribution in [3.05, 3.63) is 29.8 Å². The van der Waals surface area contributed by atoms with Crippen LogP contribution in [0.4, 0.5) is 0 Å². The van der Waals surface area contributed by atoms with E-state index in [1.54, 1.807) is 7.11 Å². The van der Waals surface area contributed by atoms with Crippen molar-refractivity contribution in [2.45, 2.75) is 42.9 Å². The summed E-state index contributed by atoms with van der Waals surface area (Å²) in [5, 5.41) is 3.36. The van der Waals surface area contributed by atoms with Gasteiger partial charge in [-0.3, -0.25) is 4.79 Å². The number of amides is 1. The number of hydrogen-bond acceptors (Lipinski definition) is 4. The van der Waals surface area contributed by atoms with E-state index in [-0.39, 0.29) is 29.5 Å². The molecule has 3 aliphatic rings. The summed E-state index contributed by atoms with van der Waals surface area (Å²) in [7, 11) is 5.79. The summed E-state index contributed by atoms with van der Waals surface area (Å²) in [6.45, 7) is 0.815. The van der Waals surface area contributed by atoms with Gasteiger partial charge in [-0.1, -0.05) is 12.1 Å². The van der Waals surface area contributed by atoms with Crippen molar-refractivity contribution in [3.63, 3.8) is 0 Å². The van der Waals surface area contributed by atoms with Crippen LogP contribution in [0.3, 0.4) is 0 Å². The van der Waals surface area contributed by atoms with Crippen LogP contribution in [0.1, 0.15) is 24.8 Å². The van der Waals surface area contributed by atoms with E-state index in [9.17, 15) is 4.79 Å². The first-order valence-corrected chi connectivity index (χ1v) is 8.80. The summed E-state index contributed by atoms with van der Waals surface area (Å²) in [4.78, 5) is 15.2. The monoisotopic (exact) mass is 330 g/mol. The fourth-order valence-corrected chi connectivity index (χ4v) is 4.45. The Labute approximate surface area is 143 Å². The number of hydrogen-bond donors (Lipinski definition) is 1. The van der Waals surface area contributed by atoms with Crippen LogP contribution >= 0.6 is 0 Å². The molecule has 1 aliphatic heterocycles. The zero-order chi connectivity index (χ0) is 16.9. The molecule has 4 atom stereocenters. The third-order valence-corrected chi connectivity index (χ3v) is 6.07. The molecule has 1 N–H and O–H groups in total. The Morgan fingerprint density at radius 1 is 1.29 bits per heavy atom. The molecule has 5 nitrogen and oxygen atoms in total. The van der Waals surface area contributed by atoms with Crippen LogP contribution < -0.4 is 10.1 Å². The quantitative estimate of drug-likeness (QED) is 0.890. The molecule has 1 heterocycles. The molecule has 0 unspecified atom stereocenters. The number of benzene rings is 1. The first-order chi connectivity index (χ1) is 11.6. The van der Waals surface area contributed by atoms with E-state index in [2.05, 4.69) is 24.3 Å². The minimum atomic E-state index is -0.340. The van der Waals surface area contributed by atoms with E-state index < -0.39 is 0 Å². The molecular weight excluding hydrogens is 304 g/mol. The lowest BCUT2D eigenvalue weighted by atomic mass is 9.70. The van der Waals surface area contributed by atoms with E-state index in [1.807, 2.05) is 24.3 Å². The number of likely N-dealkylation sites (N-methyl/N-ethyl adjacent to an activating group) is 1. The first-order valence-electron chi connectivity index (χ1n) is 8.80. The zero-order valence-electron chi connectivity index (χ0n) is 14.6. The van der Waals surface area contributed by atoms with Crippen LogP contribution in [-0.4, -0.2) is 56.8 Å². The summed E-state index contributed by atoms with van der Waals surface area (Å²) in [6.07, 6.45) is 3.18. The lowest BCUT2D eigenvalue weighted by Gasteiger charge is -2.51. The molecule has 3 fully saturated rings. The molecule has 2 aliphatic carbocycles. The Morgan fingerprint density at radius 2 is 2.00 bits per heavy atom. The second-order valence-corrected chi connectivity index (χ2v) is 7.55. The van der Waals surface area contributed by atoms with Gasteiger partial charge in [-0.2, -0.15) is 0 Å². The standard InChI is InChI=1S/C19H26N2O3/c1-21(2)16-15(14-8-11-24-17(14)16)20-18(22)19(9-10-19)12-4-6-13(23-3)7-5-12/h4-7,14-17H,8-11H2,1-3H3,(H,20,22)/t14-,15+,16-,17-/m1/s1. The number of fused-ring (bicyclic) bond motifs is 1. The Morgan fingerprint density at radius 3 is 2.58 bits per heavy atom.